The highest BCUT2D eigenvalue weighted by atomic mass is 32.1. The third kappa shape index (κ3) is 3.88. The second kappa shape index (κ2) is 6.49. The predicted octanol–water partition coefficient (Wildman–Crippen LogP) is 3.30. The van der Waals surface area contributed by atoms with Crippen molar-refractivity contribution in [2.24, 2.45) is 0 Å². The lowest BCUT2D eigenvalue weighted by Gasteiger charge is -2.07. The minimum Gasteiger partial charge on any atom is -0.452 e. The molecule has 0 unspecified atom stereocenters. The van der Waals surface area contributed by atoms with Crippen molar-refractivity contribution in [3.8, 4) is 0 Å². The van der Waals surface area contributed by atoms with Crippen LogP contribution in [-0.2, 0) is 9.53 Å². The number of thiophene rings is 1. The largest absolute Gasteiger partial charge is 0.452 e. The maximum absolute atomic E-state index is 13.3. The van der Waals surface area contributed by atoms with Gasteiger partial charge in [0.2, 0.25) is 0 Å². The minimum atomic E-state index is -0.585. The molecule has 0 aliphatic heterocycles. The Hall–Kier alpha value is -2.21. The molecular formula is C15H14FNO3S. The van der Waals surface area contributed by atoms with Crippen molar-refractivity contribution in [1.29, 1.82) is 0 Å². The number of ether oxygens (including phenoxy) is 1. The SMILES string of the molecule is Cc1cc(C(=O)OCC(=O)Nc2ccccc2F)c(C)s1. The van der Waals surface area contributed by atoms with Crippen molar-refractivity contribution in [1.82, 2.24) is 0 Å². The smallest absolute Gasteiger partial charge is 0.339 e. The van der Waals surface area contributed by atoms with Crippen LogP contribution in [0.3, 0.4) is 0 Å². The third-order valence-electron chi connectivity index (χ3n) is 2.74. The summed E-state index contributed by atoms with van der Waals surface area (Å²) in [5, 5.41) is 2.35. The first-order chi connectivity index (χ1) is 9.97. The third-order valence-corrected chi connectivity index (χ3v) is 3.71. The normalized spacial score (nSPS) is 10.2. The lowest BCUT2D eigenvalue weighted by molar-refractivity contribution is -0.119. The van der Waals surface area contributed by atoms with Gasteiger partial charge in [0.15, 0.2) is 6.61 Å². The van der Waals surface area contributed by atoms with Gasteiger partial charge in [-0.25, -0.2) is 9.18 Å². The average Bonchev–Trinajstić information content (AvgIpc) is 2.78. The summed E-state index contributed by atoms with van der Waals surface area (Å²) in [6.45, 7) is 3.24. The highest BCUT2D eigenvalue weighted by molar-refractivity contribution is 7.12. The van der Waals surface area contributed by atoms with E-state index in [1.54, 1.807) is 12.1 Å². The summed E-state index contributed by atoms with van der Waals surface area (Å²) in [5.41, 5.74) is 0.511. The van der Waals surface area contributed by atoms with E-state index in [1.807, 2.05) is 13.8 Å². The Morgan fingerprint density at radius 3 is 2.62 bits per heavy atom. The molecule has 4 nitrogen and oxygen atoms in total. The topological polar surface area (TPSA) is 55.4 Å². The first-order valence-corrected chi connectivity index (χ1v) is 7.07. The molecule has 1 aromatic carbocycles. The number of aryl methyl sites for hydroxylation is 2. The molecule has 0 atom stereocenters. The summed E-state index contributed by atoms with van der Waals surface area (Å²) in [7, 11) is 0. The molecule has 0 radical (unpaired) electrons. The van der Waals surface area contributed by atoms with Crippen LogP contribution in [0.1, 0.15) is 20.1 Å². The van der Waals surface area contributed by atoms with Gasteiger partial charge in [0.1, 0.15) is 5.82 Å². The number of anilines is 1. The number of hydrogen-bond acceptors (Lipinski definition) is 4. The molecule has 1 amide bonds. The van der Waals surface area contributed by atoms with Crippen LogP contribution >= 0.6 is 11.3 Å². The van der Waals surface area contributed by atoms with Gasteiger partial charge in [-0.05, 0) is 32.0 Å². The molecule has 0 saturated carbocycles. The minimum absolute atomic E-state index is 0.0566. The van der Waals surface area contributed by atoms with Gasteiger partial charge < -0.3 is 10.1 Å². The van der Waals surface area contributed by atoms with E-state index in [0.717, 1.165) is 9.75 Å². The van der Waals surface area contributed by atoms with Crippen LogP contribution in [-0.4, -0.2) is 18.5 Å². The van der Waals surface area contributed by atoms with Crippen molar-refractivity contribution >= 4 is 28.9 Å². The molecule has 21 heavy (non-hydrogen) atoms. The number of amides is 1. The van der Waals surface area contributed by atoms with Gasteiger partial charge in [-0.2, -0.15) is 0 Å². The molecule has 2 aromatic rings. The number of carbonyl (C=O) groups is 2. The zero-order valence-electron chi connectivity index (χ0n) is 11.6. The van der Waals surface area contributed by atoms with Gasteiger partial charge >= 0.3 is 5.97 Å². The van der Waals surface area contributed by atoms with Gasteiger partial charge in [-0.1, -0.05) is 12.1 Å². The zero-order valence-corrected chi connectivity index (χ0v) is 12.4. The van der Waals surface area contributed by atoms with Crippen molar-refractivity contribution < 1.29 is 18.7 Å². The second-order valence-corrected chi connectivity index (χ2v) is 5.89. The molecule has 0 aliphatic carbocycles. The molecule has 0 aliphatic rings. The van der Waals surface area contributed by atoms with Gasteiger partial charge in [0, 0.05) is 9.75 Å². The lowest BCUT2D eigenvalue weighted by atomic mass is 10.2. The van der Waals surface area contributed by atoms with E-state index in [-0.39, 0.29) is 5.69 Å². The van der Waals surface area contributed by atoms with Gasteiger partial charge in [-0.15, -0.1) is 11.3 Å². The number of nitrogens with one attached hydrogen (secondary N) is 1. The molecule has 1 N–H and O–H groups in total. The lowest BCUT2D eigenvalue weighted by Crippen LogP contribution is -2.21. The van der Waals surface area contributed by atoms with E-state index in [2.05, 4.69) is 5.32 Å². The van der Waals surface area contributed by atoms with Crippen LogP contribution in [0.25, 0.3) is 0 Å². The van der Waals surface area contributed by atoms with E-state index in [1.165, 1.54) is 29.5 Å². The Bertz CT molecular complexity index is 681. The van der Waals surface area contributed by atoms with E-state index in [9.17, 15) is 14.0 Å². The highest BCUT2D eigenvalue weighted by Crippen LogP contribution is 2.21. The number of hydrogen-bond donors (Lipinski definition) is 1. The second-order valence-electron chi connectivity index (χ2n) is 4.43. The van der Waals surface area contributed by atoms with Crippen molar-refractivity contribution in [3.05, 3.63) is 51.5 Å². The summed E-state index contributed by atoms with van der Waals surface area (Å²) in [4.78, 5) is 25.3. The molecule has 0 saturated heterocycles. The molecule has 110 valence electrons. The molecular weight excluding hydrogens is 293 g/mol. The molecule has 0 spiro atoms. The number of para-hydroxylation sites is 1. The fourth-order valence-corrected chi connectivity index (χ4v) is 2.70. The van der Waals surface area contributed by atoms with Crippen LogP contribution in [0.5, 0.6) is 0 Å². The number of rotatable bonds is 4. The number of halogens is 1. The Morgan fingerprint density at radius 1 is 1.29 bits per heavy atom. The van der Waals surface area contributed by atoms with Crippen LogP contribution in [0.2, 0.25) is 0 Å². The Morgan fingerprint density at radius 2 is 2.00 bits per heavy atom. The van der Waals surface area contributed by atoms with Crippen LogP contribution in [0.15, 0.2) is 30.3 Å². The van der Waals surface area contributed by atoms with Crippen molar-refractivity contribution in [2.45, 2.75) is 13.8 Å². The first-order valence-electron chi connectivity index (χ1n) is 6.26. The first kappa shape index (κ1) is 15.2. The van der Waals surface area contributed by atoms with E-state index >= 15 is 0 Å². The average molecular weight is 307 g/mol. The molecule has 1 heterocycles. The maximum Gasteiger partial charge on any atom is 0.339 e. The summed E-state index contributed by atoms with van der Waals surface area (Å²) in [6, 6.07) is 7.51. The van der Waals surface area contributed by atoms with Gasteiger partial charge in [0.25, 0.3) is 5.91 Å². The molecule has 0 fully saturated rings. The Labute approximate surface area is 125 Å². The number of benzene rings is 1. The van der Waals surface area contributed by atoms with E-state index in [4.69, 9.17) is 4.74 Å². The quantitative estimate of drug-likeness (QED) is 0.882. The molecule has 1 aromatic heterocycles. The van der Waals surface area contributed by atoms with E-state index < -0.39 is 24.3 Å². The van der Waals surface area contributed by atoms with Crippen LogP contribution < -0.4 is 5.32 Å². The summed E-state index contributed by atoms with van der Waals surface area (Å²) in [6.07, 6.45) is 0. The summed E-state index contributed by atoms with van der Waals surface area (Å²) >= 11 is 1.49. The Kier molecular flexibility index (Phi) is 4.70. The predicted molar refractivity (Wildman–Crippen MR) is 79.1 cm³/mol. The van der Waals surface area contributed by atoms with Gasteiger partial charge in [-0.3, -0.25) is 4.79 Å². The number of carbonyl (C=O) groups excluding carboxylic acids is 2. The maximum atomic E-state index is 13.3. The van der Waals surface area contributed by atoms with Gasteiger partial charge in [0.05, 0.1) is 11.3 Å². The van der Waals surface area contributed by atoms with E-state index in [0.29, 0.717) is 5.56 Å². The fourth-order valence-electron chi connectivity index (χ4n) is 1.79. The highest BCUT2D eigenvalue weighted by Gasteiger charge is 2.15. The fraction of sp³-hybridized carbons (Fsp3) is 0.200. The van der Waals surface area contributed by atoms with Crippen LogP contribution in [0, 0.1) is 19.7 Å². The molecule has 0 bridgehead atoms. The molecule has 6 heteroatoms. The summed E-state index contributed by atoms with van der Waals surface area (Å²) in [5.74, 6) is -1.68. The van der Waals surface area contributed by atoms with Crippen molar-refractivity contribution in [2.75, 3.05) is 11.9 Å². The zero-order chi connectivity index (χ0) is 15.4. The standard InChI is InChI=1S/C15H14FNO3S/c1-9-7-11(10(2)21-9)15(19)20-8-14(18)17-13-6-4-3-5-12(13)16/h3-7H,8H2,1-2H3,(H,17,18). The Balaban J connectivity index is 1.91. The monoisotopic (exact) mass is 307 g/mol. The van der Waals surface area contributed by atoms with Crippen molar-refractivity contribution in [3.63, 3.8) is 0 Å². The summed E-state index contributed by atoms with van der Waals surface area (Å²) < 4.78 is 18.3. The molecule has 2 rings (SSSR count). The van der Waals surface area contributed by atoms with Crippen LogP contribution in [0.4, 0.5) is 10.1 Å². The number of esters is 1.